The molecule has 0 saturated carbocycles. The van der Waals surface area contributed by atoms with Crippen LogP contribution in [0.5, 0.6) is 0 Å². The van der Waals surface area contributed by atoms with Crippen LogP contribution in [0.1, 0.15) is 92.9 Å². The molecule has 2 unspecified atom stereocenters. The van der Waals surface area contributed by atoms with Crippen molar-refractivity contribution < 1.29 is 80.4 Å². The fourth-order valence-electron chi connectivity index (χ4n) is 7.04. The van der Waals surface area contributed by atoms with Gasteiger partial charge in [0.25, 0.3) is 0 Å². The Kier molecular flexibility index (Phi) is 41.6. The zero-order chi connectivity index (χ0) is 45.9. The SMILES string of the molecule is CC.CC.CCC1CCCN1CC.CN(C)O.O=CNC(CCCCNC(=O)CN1CCN(CC(=O)O)CCN(CC(=O)O)CCN(CC(=O)O)CC1)C(=O)N1CCCC1.[U]. The molecule has 2 atom stereocenters. The number of amides is 3. The minimum atomic E-state index is -1.02. The van der Waals surface area contributed by atoms with Gasteiger partial charge < -0.3 is 41.0 Å². The van der Waals surface area contributed by atoms with Crippen LogP contribution in [0.15, 0.2) is 0 Å². The van der Waals surface area contributed by atoms with Crippen LogP contribution in [0.25, 0.3) is 0 Å². The van der Waals surface area contributed by atoms with E-state index in [2.05, 4.69) is 29.4 Å². The summed E-state index contributed by atoms with van der Waals surface area (Å²) >= 11 is 0. The molecular weight excluding hydrogens is 1020 g/mol. The monoisotopic (exact) mass is 1100 g/mol. The fourth-order valence-corrected chi connectivity index (χ4v) is 7.04. The van der Waals surface area contributed by atoms with Crippen molar-refractivity contribution >= 4 is 36.1 Å². The minimum Gasteiger partial charge on any atom is -0.480 e. The number of carboxylic acids is 3. The zero-order valence-electron chi connectivity index (χ0n) is 38.8. The van der Waals surface area contributed by atoms with Crippen molar-refractivity contribution in [3.05, 3.63) is 0 Å². The Morgan fingerprint density at radius 2 is 1.08 bits per heavy atom. The molecule has 0 aromatic rings. The number of likely N-dealkylation sites (tertiary alicyclic amines) is 2. The Morgan fingerprint density at radius 1 is 0.672 bits per heavy atom. The number of unbranched alkanes of at least 4 members (excludes halogenated alkanes) is 1. The van der Waals surface area contributed by atoms with E-state index in [0.29, 0.717) is 97.7 Å². The average Bonchev–Trinajstić information content (AvgIpc) is 3.92. The number of carbonyl (C=O) groups is 6. The van der Waals surface area contributed by atoms with Gasteiger partial charge in [-0.3, -0.25) is 48.4 Å². The molecule has 61 heavy (non-hydrogen) atoms. The molecule has 3 aliphatic rings. The second kappa shape index (κ2) is 40.4. The number of hydrogen-bond donors (Lipinski definition) is 6. The first-order valence-electron chi connectivity index (χ1n) is 22.1. The predicted octanol–water partition coefficient (Wildman–Crippen LogP) is 1.36. The molecule has 3 aliphatic heterocycles. The third-order valence-corrected chi connectivity index (χ3v) is 9.98. The van der Waals surface area contributed by atoms with E-state index in [1.54, 1.807) is 33.7 Å². The molecule has 3 saturated heterocycles. The van der Waals surface area contributed by atoms with E-state index in [4.69, 9.17) is 5.21 Å². The molecule has 3 heterocycles. The molecule has 6 N–H and O–H groups in total. The maximum atomic E-state index is 12.8. The van der Waals surface area contributed by atoms with Crippen molar-refractivity contribution in [2.24, 2.45) is 0 Å². The molecule has 0 aromatic heterocycles. The van der Waals surface area contributed by atoms with E-state index in [9.17, 15) is 44.1 Å². The quantitative estimate of drug-likeness (QED) is 0.0647. The van der Waals surface area contributed by atoms with E-state index in [1.807, 2.05) is 32.6 Å². The fraction of sp³-hybridized carbons (Fsp3) is 0.854. The van der Waals surface area contributed by atoms with E-state index in [1.165, 1.54) is 32.4 Å². The molecule has 0 radical (unpaired) electrons. The summed E-state index contributed by atoms with van der Waals surface area (Å²) in [4.78, 5) is 81.8. The molecule has 0 bridgehead atoms. The van der Waals surface area contributed by atoms with Gasteiger partial charge >= 0.3 is 17.9 Å². The predicted molar refractivity (Wildman–Crippen MR) is 233 cm³/mol. The molecule has 356 valence electrons. The number of aliphatic carboxylic acids is 3. The molecule has 0 spiro atoms. The summed E-state index contributed by atoms with van der Waals surface area (Å²) in [5, 5.41) is 42.3. The zero-order valence-corrected chi connectivity index (χ0v) is 42.9. The summed E-state index contributed by atoms with van der Waals surface area (Å²) < 4.78 is 0. The van der Waals surface area contributed by atoms with Crippen molar-refractivity contribution in [3.63, 3.8) is 0 Å². The van der Waals surface area contributed by atoms with Crippen LogP contribution in [-0.2, 0) is 28.8 Å². The summed E-state index contributed by atoms with van der Waals surface area (Å²) in [6, 6.07) is 0.335. The van der Waals surface area contributed by atoms with Crippen LogP contribution in [0.2, 0.25) is 0 Å². The van der Waals surface area contributed by atoms with Gasteiger partial charge in [-0.2, -0.15) is 5.06 Å². The normalized spacial score (nSPS) is 18.6. The third kappa shape index (κ3) is 32.9. The molecule has 19 nitrogen and oxygen atoms in total. The van der Waals surface area contributed by atoms with Crippen molar-refractivity contribution in [2.45, 2.75) is 105 Å². The van der Waals surface area contributed by atoms with E-state index < -0.39 is 23.9 Å². The molecule has 3 rings (SSSR count). The number of nitrogens with zero attached hydrogens (tertiary/aromatic N) is 7. The maximum absolute atomic E-state index is 12.8. The molecule has 20 heteroatoms. The van der Waals surface area contributed by atoms with Crippen molar-refractivity contribution in [1.29, 1.82) is 0 Å². The number of carbonyl (C=O) groups excluding carboxylic acids is 3. The molecule has 3 fully saturated rings. The summed E-state index contributed by atoms with van der Waals surface area (Å²) in [6.07, 6.45) is 8.37. The number of hydrogen-bond acceptors (Lipinski definition) is 13. The van der Waals surface area contributed by atoms with Crippen molar-refractivity contribution in [2.75, 3.05) is 125 Å². The average molecular weight is 1100 g/mol. The van der Waals surface area contributed by atoms with Crippen molar-refractivity contribution in [3.8, 4) is 0 Å². The maximum Gasteiger partial charge on any atom is 0.317 e. The van der Waals surface area contributed by atoms with Gasteiger partial charge in [-0.05, 0) is 64.5 Å². The minimum absolute atomic E-state index is 0. The van der Waals surface area contributed by atoms with Crippen LogP contribution in [0.4, 0.5) is 0 Å². The van der Waals surface area contributed by atoms with Crippen LogP contribution >= 0.6 is 0 Å². The summed E-state index contributed by atoms with van der Waals surface area (Å²) in [6.45, 7) is 18.8. The van der Waals surface area contributed by atoms with Gasteiger partial charge in [0.05, 0.1) is 26.2 Å². The Labute approximate surface area is 390 Å². The molecule has 0 aromatic carbocycles. The van der Waals surface area contributed by atoms with Crippen LogP contribution < -0.4 is 10.6 Å². The van der Waals surface area contributed by atoms with Gasteiger partial charge in [0.15, 0.2) is 0 Å². The number of carboxylic acid groups (broad SMARTS) is 3. The van der Waals surface area contributed by atoms with Gasteiger partial charge in [-0.25, -0.2) is 0 Å². The largest absolute Gasteiger partial charge is 0.480 e. The first-order chi connectivity index (χ1) is 28.7. The standard InChI is InChI=1S/C27H47N7O9.C8H17N.C2H7NO.2C2H6.U/c35-21-29-22(27(43)34-7-3-4-8-34)5-1-2-6-28-23(36)17-30-9-11-31(18-24(37)38)13-15-33(20-26(41)42)16-14-32(12-10-30)19-25(39)40;1-3-8-6-5-7-9(8)4-2;1-3(2)4;2*1-2;/h21-22H,1-20H2,(H,28,36)(H,29,35)(H,37,38)(H,39,40)(H,41,42);8H,3-7H2,1-2H3;4H,1-2H3;2*1-2H3;. The van der Waals surface area contributed by atoms with Gasteiger partial charge in [-0.15, -0.1) is 0 Å². The summed E-state index contributed by atoms with van der Waals surface area (Å²) in [5.41, 5.74) is 0. The second-order valence-electron chi connectivity index (χ2n) is 14.7. The van der Waals surface area contributed by atoms with Gasteiger partial charge in [0.2, 0.25) is 18.2 Å². The van der Waals surface area contributed by atoms with E-state index in [0.717, 1.165) is 23.9 Å². The van der Waals surface area contributed by atoms with Gasteiger partial charge in [-0.1, -0.05) is 41.5 Å². The number of rotatable bonds is 18. The number of hydroxylamine groups is 2. The first-order valence-corrected chi connectivity index (χ1v) is 22.1. The second-order valence-corrected chi connectivity index (χ2v) is 14.7. The van der Waals surface area contributed by atoms with Gasteiger partial charge in [0, 0.05) is 123 Å². The Hall–Kier alpha value is -2.41. The topological polar surface area (TPSA) is 230 Å². The molecular formula is C41H83N9O10U. The van der Waals surface area contributed by atoms with Crippen molar-refractivity contribution in [1.82, 2.24) is 45.1 Å². The van der Waals surface area contributed by atoms with Crippen LogP contribution in [0, 0.1) is 31.1 Å². The molecule has 0 aliphatic carbocycles. The van der Waals surface area contributed by atoms with Gasteiger partial charge in [0.1, 0.15) is 6.04 Å². The third-order valence-electron chi connectivity index (χ3n) is 9.98. The Balaban J connectivity index is -0.00000157. The summed E-state index contributed by atoms with van der Waals surface area (Å²) in [7, 11) is 3.11. The first kappa shape index (κ1) is 62.9. The Morgan fingerprint density at radius 3 is 1.43 bits per heavy atom. The number of nitrogens with one attached hydrogen (secondary N) is 2. The van der Waals surface area contributed by atoms with E-state index >= 15 is 0 Å². The molecule has 3 amide bonds. The van der Waals surface area contributed by atoms with Crippen LogP contribution in [0.3, 0.4) is 0 Å². The summed E-state index contributed by atoms with van der Waals surface area (Å²) in [5.74, 6) is -3.35. The Bertz CT molecular complexity index is 1130. The van der Waals surface area contributed by atoms with Crippen LogP contribution in [-0.4, -0.2) is 229 Å². The smallest absolute Gasteiger partial charge is 0.317 e. The van der Waals surface area contributed by atoms with E-state index in [-0.39, 0.29) is 69.1 Å².